The van der Waals surface area contributed by atoms with E-state index in [0.29, 0.717) is 5.56 Å². The zero-order valence-electron chi connectivity index (χ0n) is 14.2. The topological polar surface area (TPSA) is 54.0 Å². The second-order valence-corrected chi connectivity index (χ2v) is 7.42. The molecule has 0 aromatic carbocycles. The van der Waals surface area contributed by atoms with Crippen LogP contribution in [0.1, 0.15) is 64.7 Å². The van der Waals surface area contributed by atoms with Gasteiger partial charge in [0.15, 0.2) is 0 Å². The van der Waals surface area contributed by atoms with E-state index < -0.39 is 0 Å². The molecule has 0 fully saturated rings. The van der Waals surface area contributed by atoms with Crippen molar-refractivity contribution in [1.82, 2.24) is 10.3 Å². The van der Waals surface area contributed by atoms with Gasteiger partial charge in [-0.25, -0.2) is 0 Å². The summed E-state index contributed by atoms with van der Waals surface area (Å²) in [5.74, 6) is -0.0732. The Kier molecular flexibility index (Phi) is 5.76. The Morgan fingerprint density at radius 2 is 1.90 bits per heavy atom. The Bertz CT molecular complexity index is 475. The molecule has 0 unspecified atom stereocenters. The van der Waals surface area contributed by atoms with Crippen LogP contribution in [-0.2, 0) is 0 Å². The van der Waals surface area contributed by atoms with E-state index in [2.05, 4.69) is 57.2 Å². The van der Waals surface area contributed by atoms with E-state index in [1.807, 2.05) is 6.07 Å². The fourth-order valence-electron chi connectivity index (χ4n) is 2.73. The van der Waals surface area contributed by atoms with Crippen molar-refractivity contribution in [2.24, 2.45) is 5.41 Å². The number of pyridine rings is 1. The van der Waals surface area contributed by atoms with E-state index in [1.54, 1.807) is 12.4 Å². The number of nitrogens with one attached hydrogen (secondary N) is 2. The van der Waals surface area contributed by atoms with Gasteiger partial charge in [0, 0.05) is 24.5 Å². The van der Waals surface area contributed by atoms with Crippen LogP contribution < -0.4 is 10.6 Å². The molecule has 0 aliphatic rings. The van der Waals surface area contributed by atoms with Crippen molar-refractivity contribution in [3.05, 3.63) is 24.0 Å². The van der Waals surface area contributed by atoms with Crippen LogP contribution in [0.15, 0.2) is 18.5 Å². The van der Waals surface area contributed by atoms with Gasteiger partial charge in [0.1, 0.15) is 0 Å². The van der Waals surface area contributed by atoms with Crippen LogP contribution in [0, 0.1) is 5.41 Å². The lowest BCUT2D eigenvalue weighted by Crippen LogP contribution is -2.46. The lowest BCUT2D eigenvalue weighted by atomic mass is 9.81. The van der Waals surface area contributed by atoms with Crippen molar-refractivity contribution in [2.45, 2.75) is 59.9 Å². The predicted octanol–water partition coefficient (Wildman–Crippen LogP) is 3.85. The standard InChI is InChI=1S/C17H29N3O/c1-7-9-19-14-8-10-18-11-13(14)15(21)20-17(5,6)12-16(2,3)4/h8,10-11H,7,9,12H2,1-6H3,(H,18,19)(H,20,21). The molecule has 0 saturated carbocycles. The highest BCUT2D eigenvalue weighted by atomic mass is 16.1. The van der Waals surface area contributed by atoms with Crippen LogP contribution in [0.3, 0.4) is 0 Å². The Balaban J connectivity index is 2.84. The highest BCUT2D eigenvalue weighted by Crippen LogP contribution is 2.27. The first-order valence-electron chi connectivity index (χ1n) is 7.65. The summed E-state index contributed by atoms with van der Waals surface area (Å²) in [4.78, 5) is 16.6. The van der Waals surface area contributed by atoms with Crippen molar-refractivity contribution in [1.29, 1.82) is 0 Å². The molecule has 1 aromatic heterocycles. The summed E-state index contributed by atoms with van der Waals surface area (Å²) in [7, 11) is 0. The number of carbonyl (C=O) groups is 1. The van der Waals surface area contributed by atoms with Gasteiger partial charge in [0.05, 0.1) is 11.3 Å². The van der Waals surface area contributed by atoms with Gasteiger partial charge in [-0.15, -0.1) is 0 Å². The molecular formula is C17H29N3O. The maximum Gasteiger partial charge on any atom is 0.255 e. The molecule has 1 amide bonds. The van der Waals surface area contributed by atoms with E-state index in [-0.39, 0.29) is 16.9 Å². The van der Waals surface area contributed by atoms with Crippen molar-refractivity contribution in [3.8, 4) is 0 Å². The van der Waals surface area contributed by atoms with Crippen LogP contribution in [0.25, 0.3) is 0 Å². The van der Waals surface area contributed by atoms with E-state index in [0.717, 1.165) is 25.1 Å². The van der Waals surface area contributed by atoms with Gasteiger partial charge >= 0.3 is 0 Å². The number of carbonyl (C=O) groups excluding carboxylic acids is 1. The van der Waals surface area contributed by atoms with Gasteiger partial charge in [-0.05, 0) is 38.2 Å². The molecule has 118 valence electrons. The van der Waals surface area contributed by atoms with Crippen molar-refractivity contribution in [2.75, 3.05) is 11.9 Å². The summed E-state index contributed by atoms with van der Waals surface area (Å²) in [5.41, 5.74) is 1.35. The molecule has 2 N–H and O–H groups in total. The first-order chi connectivity index (χ1) is 9.64. The van der Waals surface area contributed by atoms with Gasteiger partial charge in [-0.3, -0.25) is 9.78 Å². The van der Waals surface area contributed by atoms with Crippen molar-refractivity contribution >= 4 is 11.6 Å². The quantitative estimate of drug-likeness (QED) is 0.837. The Labute approximate surface area is 128 Å². The molecule has 4 heteroatoms. The fourth-order valence-corrected chi connectivity index (χ4v) is 2.73. The van der Waals surface area contributed by atoms with Gasteiger partial charge in [0.2, 0.25) is 0 Å². The number of aromatic nitrogens is 1. The van der Waals surface area contributed by atoms with Crippen LogP contribution >= 0.6 is 0 Å². The minimum Gasteiger partial charge on any atom is -0.384 e. The molecule has 0 radical (unpaired) electrons. The number of hydrogen-bond donors (Lipinski definition) is 2. The van der Waals surface area contributed by atoms with Crippen molar-refractivity contribution in [3.63, 3.8) is 0 Å². The summed E-state index contributed by atoms with van der Waals surface area (Å²) in [5, 5.41) is 6.40. The first-order valence-corrected chi connectivity index (χ1v) is 7.65. The normalized spacial score (nSPS) is 12.1. The average molecular weight is 291 g/mol. The highest BCUT2D eigenvalue weighted by Gasteiger charge is 2.28. The maximum absolute atomic E-state index is 12.5. The van der Waals surface area contributed by atoms with Crippen LogP contribution in [-0.4, -0.2) is 23.0 Å². The molecule has 0 bridgehead atoms. The zero-order chi connectivity index (χ0) is 16.1. The lowest BCUT2D eigenvalue weighted by Gasteiger charge is -2.33. The molecule has 0 aliphatic carbocycles. The third-order valence-electron chi connectivity index (χ3n) is 3.06. The molecule has 0 atom stereocenters. The number of nitrogens with zero attached hydrogens (tertiary/aromatic N) is 1. The molecule has 1 heterocycles. The minimum atomic E-state index is -0.257. The van der Waals surface area contributed by atoms with Crippen LogP contribution in [0.5, 0.6) is 0 Å². The van der Waals surface area contributed by atoms with Crippen LogP contribution in [0.2, 0.25) is 0 Å². The molecule has 21 heavy (non-hydrogen) atoms. The Morgan fingerprint density at radius 1 is 1.24 bits per heavy atom. The molecule has 1 aromatic rings. The monoisotopic (exact) mass is 291 g/mol. The fraction of sp³-hybridized carbons (Fsp3) is 0.647. The Morgan fingerprint density at radius 3 is 2.48 bits per heavy atom. The summed E-state index contributed by atoms with van der Waals surface area (Å²) < 4.78 is 0. The first kappa shape index (κ1) is 17.5. The summed E-state index contributed by atoms with van der Waals surface area (Å²) in [6.45, 7) is 13.6. The summed E-state index contributed by atoms with van der Waals surface area (Å²) in [6, 6.07) is 1.85. The largest absolute Gasteiger partial charge is 0.384 e. The highest BCUT2D eigenvalue weighted by molar-refractivity contribution is 5.99. The zero-order valence-corrected chi connectivity index (χ0v) is 14.2. The summed E-state index contributed by atoms with van der Waals surface area (Å²) in [6.07, 6.45) is 5.25. The van der Waals surface area contributed by atoms with Gasteiger partial charge in [-0.2, -0.15) is 0 Å². The van der Waals surface area contributed by atoms with Crippen molar-refractivity contribution < 1.29 is 4.79 Å². The molecule has 4 nitrogen and oxygen atoms in total. The number of rotatable bonds is 6. The second kappa shape index (κ2) is 6.92. The molecular weight excluding hydrogens is 262 g/mol. The average Bonchev–Trinajstić information content (AvgIpc) is 2.33. The SMILES string of the molecule is CCCNc1ccncc1C(=O)NC(C)(C)CC(C)(C)C. The van der Waals surface area contributed by atoms with Gasteiger partial charge in [0.25, 0.3) is 5.91 Å². The van der Waals surface area contributed by atoms with Crippen LogP contribution in [0.4, 0.5) is 5.69 Å². The van der Waals surface area contributed by atoms with E-state index >= 15 is 0 Å². The van der Waals surface area contributed by atoms with E-state index in [1.165, 1.54) is 0 Å². The maximum atomic E-state index is 12.5. The minimum absolute atomic E-state index is 0.0732. The van der Waals surface area contributed by atoms with E-state index in [4.69, 9.17) is 0 Å². The van der Waals surface area contributed by atoms with Gasteiger partial charge in [-0.1, -0.05) is 27.7 Å². The smallest absolute Gasteiger partial charge is 0.255 e. The number of amides is 1. The molecule has 1 rings (SSSR count). The third kappa shape index (κ3) is 6.15. The number of anilines is 1. The number of hydrogen-bond acceptors (Lipinski definition) is 3. The Hall–Kier alpha value is -1.58. The van der Waals surface area contributed by atoms with E-state index in [9.17, 15) is 4.79 Å². The molecule has 0 aliphatic heterocycles. The summed E-state index contributed by atoms with van der Waals surface area (Å²) >= 11 is 0. The predicted molar refractivity (Wildman–Crippen MR) is 88.6 cm³/mol. The lowest BCUT2D eigenvalue weighted by molar-refractivity contribution is 0.0892. The third-order valence-corrected chi connectivity index (χ3v) is 3.06. The molecule has 0 spiro atoms. The van der Waals surface area contributed by atoms with Gasteiger partial charge < -0.3 is 10.6 Å². The molecule has 0 saturated heterocycles. The second-order valence-electron chi connectivity index (χ2n) is 7.42.